The fourth-order valence-electron chi connectivity index (χ4n) is 2.20. The summed E-state index contributed by atoms with van der Waals surface area (Å²) in [5.41, 5.74) is 6.05. The van der Waals surface area contributed by atoms with Gasteiger partial charge in [0.2, 0.25) is 0 Å². The van der Waals surface area contributed by atoms with Crippen molar-refractivity contribution in [2.45, 2.75) is 19.8 Å². The van der Waals surface area contributed by atoms with Crippen molar-refractivity contribution in [3.8, 4) is 0 Å². The SMILES string of the molecule is CCN(CC1CCOC1)C(=O)c1csc(CCN)n1. The van der Waals surface area contributed by atoms with E-state index in [-0.39, 0.29) is 5.91 Å². The van der Waals surface area contributed by atoms with Crippen molar-refractivity contribution < 1.29 is 9.53 Å². The molecule has 1 aliphatic rings. The van der Waals surface area contributed by atoms with E-state index >= 15 is 0 Å². The van der Waals surface area contributed by atoms with Crippen LogP contribution in [0.4, 0.5) is 0 Å². The molecule has 0 saturated carbocycles. The molecule has 6 heteroatoms. The Morgan fingerprint density at radius 3 is 3.16 bits per heavy atom. The third-order valence-electron chi connectivity index (χ3n) is 3.30. The van der Waals surface area contributed by atoms with Crippen molar-refractivity contribution in [2.24, 2.45) is 11.7 Å². The molecule has 0 aromatic carbocycles. The summed E-state index contributed by atoms with van der Waals surface area (Å²) in [6.07, 6.45) is 1.78. The van der Waals surface area contributed by atoms with Gasteiger partial charge in [-0.25, -0.2) is 4.98 Å². The maximum atomic E-state index is 12.4. The molecule has 0 aliphatic carbocycles. The van der Waals surface area contributed by atoms with Crippen LogP contribution in [-0.2, 0) is 11.2 Å². The predicted octanol–water partition coefficient (Wildman–Crippen LogP) is 1.14. The van der Waals surface area contributed by atoms with Crippen LogP contribution in [-0.4, -0.2) is 48.6 Å². The molecule has 1 aromatic heterocycles. The first kappa shape index (κ1) is 14.4. The first-order valence-electron chi connectivity index (χ1n) is 6.76. The molecule has 1 atom stereocenters. The minimum absolute atomic E-state index is 0.0221. The topological polar surface area (TPSA) is 68.5 Å². The summed E-state index contributed by atoms with van der Waals surface area (Å²) in [5, 5.41) is 2.77. The monoisotopic (exact) mass is 283 g/mol. The first-order chi connectivity index (χ1) is 9.24. The molecule has 1 aliphatic heterocycles. The van der Waals surface area contributed by atoms with Crippen LogP contribution >= 0.6 is 11.3 Å². The van der Waals surface area contributed by atoms with Crippen molar-refractivity contribution in [1.29, 1.82) is 0 Å². The highest BCUT2D eigenvalue weighted by atomic mass is 32.1. The average Bonchev–Trinajstić information content (AvgIpc) is 3.06. The highest BCUT2D eigenvalue weighted by molar-refractivity contribution is 7.09. The molecule has 1 aromatic rings. The maximum Gasteiger partial charge on any atom is 0.273 e. The van der Waals surface area contributed by atoms with Crippen molar-refractivity contribution in [3.63, 3.8) is 0 Å². The summed E-state index contributed by atoms with van der Waals surface area (Å²) in [6.45, 7) is 5.62. The number of aromatic nitrogens is 1. The maximum absolute atomic E-state index is 12.4. The van der Waals surface area contributed by atoms with E-state index in [2.05, 4.69) is 4.98 Å². The van der Waals surface area contributed by atoms with Crippen molar-refractivity contribution in [1.82, 2.24) is 9.88 Å². The van der Waals surface area contributed by atoms with Crippen LogP contribution in [0.5, 0.6) is 0 Å². The van der Waals surface area contributed by atoms with Gasteiger partial charge in [0.25, 0.3) is 5.91 Å². The zero-order valence-corrected chi connectivity index (χ0v) is 12.1. The van der Waals surface area contributed by atoms with Gasteiger partial charge in [-0.2, -0.15) is 0 Å². The summed E-state index contributed by atoms with van der Waals surface area (Å²) in [4.78, 5) is 18.6. The Morgan fingerprint density at radius 2 is 2.53 bits per heavy atom. The molecule has 1 amide bonds. The van der Waals surface area contributed by atoms with Crippen LogP contribution in [0.3, 0.4) is 0 Å². The van der Waals surface area contributed by atoms with Crippen LogP contribution in [0.25, 0.3) is 0 Å². The molecule has 106 valence electrons. The molecule has 0 radical (unpaired) electrons. The number of hydrogen-bond acceptors (Lipinski definition) is 5. The quantitative estimate of drug-likeness (QED) is 0.850. The van der Waals surface area contributed by atoms with Gasteiger partial charge >= 0.3 is 0 Å². The normalized spacial score (nSPS) is 18.7. The van der Waals surface area contributed by atoms with Crippen molar-refractivity contribution in [2.75, 3.05) is 32.8 Å². The largest absolute Gasteiger partial charge is 0.381 e. The molecule has 2 rings (SSSR count). The summed E-state index contributed by atoms with van der Waals surface area (Å²) in [5.74, 6) is 0.486. The lowest BCUT2D eigenvalue weighted by molar-refractivity contribution is 0.0725. The van der Waals surface area contributed by atoms with Gasteiger partial charge in [-0.1, -0.05) is 0 Å². The fourth-order valence-corrected chi connectivity index (χ4v) is 2.99. The molecular weight excluding hydrogens is 262 g/mol. The van der Waals surface area contributed by atoms with Gasteiger partial charge < -0.3 is 15.4 Å². The standard InChI is InChI=1S/C13H21N3O2S/c1-2-16(7-10-4-6-18-8-10)13(17)11-9-19-12(15-11)3-5-14/h9-10H,2-8,14H2,1H3. The number of ether oxygens (including phenoxy) is 1. The number of nitrogens with two attached hydrogens (primary N) is 1. The Bertz CT molecular complexity index is 416. The number of nitrogens with zero attached hydrogens (tertiary/aromatic N) is 2. The molecule has 0 bridgehead atoms. The molecule has 1 fully saturated rings. The van der Waals surface area contributed by atoms with Crippen LogP contribution in [0, 0.1) is 5.92 Å². The first-order valence-corrected chi connectivity index (χ1v) is 7.64. The summed E-state index contributed by atoms with van der Waals surface area (Å²) >= 11 is 1.51. The molecule has 2 heterocycles. The van der Waals surface area contributed by atoms with Gasteiger partial charge in [0.1, 0.15) is 5.69 Å². The summed E-state index contributed by atoms with van der Waals surface area (Å²) < 4.78 is 5.36. The summed E-state index contributed by atoms with van der Waals surface area (Å²) in [7, 11) is 0. The van der Waals surface area contributed by atoms with E-state index in [0.29, 0.717) is 24.7 Å². The Balaban J connectivity index is 1.97. The lowest BCUT2D eigenvalue weighted by Gasteiger charge is -2.22. The van der Waals surface area contributed by atoms with Gasteiger partial charge in [-0.3, -0.25) is 4.79 Å². The Kier molecular flexibility index (Phi) is 5.30. The fraction of sp³-hybridized carbons (Fsp3) is 0.692. The number of amides is 1. The van der Waals surface area contributed by atoms with E-state index in [9.17, 15) is 4.79 Å². The Morgan fingerprint density at radius 1 is 1.68 bits per heavy atom. The second-order valence-electron chi connectivity index (χ2n) is 4.74. The van der Waals surface area contributed by atoms with E-state index in [4.69, 9.17) is 10.5 Å². The van der Waals surface area contributed by atoms with Crippen LogP contribution in [0.1, 0.15) is 28.8 Å². The van der Waals surface area contributed by atoms with Crippen LogP contribution in [0.2, 0.25) is 0 Å². The average molecular weight is 283 g/mol. The van der Waals surface area contributed by atoms with Gasteiger partial charge in [-0.05, 0) is 19.9 Å². The minimum Gasteiger partial charge on any atom is -0.381 e. The Hall–Kier alpha value is -0.980. The highest BCUT2D eigenvalue weighted by Crippen LogP contribution is 2.17. The van der Waals surface area contributed by atoms with Crippen LogP contribution in [0.15, 0.2) is 5.38 Å². The number of carbonyl (C=O) groups is 1. The van der Waals surface area contributed by atoms with E-state index in [1.165, 1.54) is 11.3 Å². The molecule has 5 nitrogen and oxygen atoms in total. The molecule has 0 spiro atoms. The lowest BCUT2D eigenvalue weighted by Crippen LogP contribution is -2.35. The zero-order chi connectivity index (χ0) is 13.7. The zero-order valence-electron chi connectivity index (χ0n) is 11.3. The van der Waals surface area contributed by atoms with Gasteiger partial charge in [0.15, 0.2) is 0 Å². The van der Waals surface area contributed by atoms with E-state index in [1.54, 1.807) is 0 Å². The van der Waals surface area contributed by atoms with Crippen LogP contribution < -0.4 is 5.73 Å². The highest BCUT2D eigenvalue weighted by Gasteiger charge is 2.23. The number of rotatable bonds is 6. The second kappa shape index (κ2) is 6.98. The smallest absolute Gasteiger partial charge is 0.273 e. The summed E-state index contributed by atoms with van der Waals surface area (Å²) in [6, 6.07) is 0. The third-order valence-corrected chi connectivity index (χ3v) is 4.21. The van der Waals surface area contributed by atoms with Crippen molar-refractivity contribution >= 4 is 17.2 Å². The molecular formula is C13H21N3O2S. The van der Waals surface area contributed by atoms with Gasteiger partial charge in [0, 0.05) is 37.4 Å². The van der Waals surface area contributed by atoms with Gasteiger partial charge in [0.05, 0.1) is 11.6 Å². The molecule has 1 saturated heterocycles. The number of carbonyl (C=O) groups excluding carboxylic acids is 1. The lowest BCUT2D eigenvalue weighted by atomic mass is 10.1. The Labute approximate surface area is 117 Å². The number of hydrogen-bond donors (Lipinski definition) is 1. The number of thiazole rings is 1. The van der Waals surface area contributed by atoms with E-state index < -0.39 is 0 Å². The molecule has 19 heavy (non-hydrogen) atoms. The van der Waals surface area contributed by atoms with Crippen molar-refractivity contribution in [3.05, 3.63) is 16.1 Å². The molecule has 1 unspecified atom stereocenters. The predicted molar refractivity (Wildman–Crippen MR) is 75.4 cm³/mol. The van der Waals surface area contributed by atoms with E-state index in [1.807, 2.05) is 17.2 Å². The molecule has 2 N–H and O–H groups in total. The second-order valence-corrected chi connectivity index (χ2v) is 5.68. The van der Waals surface area contributed by atoms with Gasteiger partial charge in [-0.15, -0.1) is 11.3 Å². The minimum atomic E-state index is 0.0221. The van der Waals surface area contributed by atoms with E-state index in [0.717, 1.165) is 37.6 Å². The third kappa shape index (κ3) is 3.75.